The van der Waals surface area contributed by atoms with Gasteiger partial charge in [-0.05, 0) is 65.2 Å². The first-order chi connectivity index (χ1) is 18.3. The van der Waals surface area contributed by atoms with Gasteiger partial charge in [-0.25, -0.2) is 0 Å². The number of amides is 1. The molecule has 0 saturated carbocycles. The van der Waals surface area contributed by atoms with Crippen molar-refractivity contribution >= 4 is 38.9 Å². The Bertz CT molecular complexity index is 1480. The van der Waals surface area contributed by atoms with E-state index in [0.717, 1.165) is 29.3 Å². The number of benzene rings is 3. The van der Waals surface area contributed by atoms with Crippen molar-refractivity contribution in [2.45, 2.75) is 24.8 Å². The number of thioether (sulfide) groups is 1. The summed E-state index contributed by atoms with van der Waals surface area (Å²) in [4.78, 5) is 14.9. The van der Waals surface area contributed by atoms with Gasteiger partial charge < -0.3 is 9.47 Å². The number of rotatable bonds is 10. The van der Waals surface area contributed by atoms with Crippen LogP contribution >= 0.6 is 11.8 Å². The van der Waals surface area contributed by atoms with Gasteiger partial charge in [0.25, 0.3) is 15.9 Å². The molecule has 9 heteroatoms. The Kier molecular flexibility index (Phi) is 8.70. The van der Waals surface area contributed by atoms with Gasteiger partial charge in [-0.1, -0.05) is 61.5 Å². The molecule has 0 bridgehead atoms. The number of aryl methyl sites for hydroxylation is 1. The Hall–Kier alpha value is -3.82. The molecule has 1 heterocycles. The molecule has 0 radical (unpaired) electrons. The zero-order valence-electron chi connectivity index (χ0n) is 21.2. The van der Waals surface area contributed by atoms with Crippen LogP contribution in [0.25, 0.3) is 6.08 Å². The van der Waals surface area contributed by atoms with Gasteiger partial charge in [-0.3, -0.25) is 9.69 Å². The monoisotopic (exact) mass is 548 g/mol. The van der Waals surface area contributed by atoms with E-state index in [0.29, 0.717) is 28.6 Å². The molecule has 0 N–H and O–H groups in total. The number of methoxy groups -OCH3 is 1. The van der Waals surface area contributed by atoms with Crippen LogP contribution in [0.3, 0.4) is 0 Å². The smallest absolute Gasteiger partial charge is 0.284 e. The van der Waals surface area contributed by atoms with Crippen molar-refractivity contribution in [3.8, 4) is 11.5 Å². The molecule has 7 nitrogen and oxygen atoms in total. The molecule has 0 atom stereocenters. The third kappa shape index (κ3) is 6.35. The molecule has 38 heavy (non-hydrogen) atoms. The molecule has 1 amide bonds. The van der Waals surface area contributed by atoms with Gasteiger partial charge in [-0.2, -0.15) is 8.42 Å². The Morgan fingerprint density at radius 3 is 2.39 bits per heavy atom. The minimum Gasteiger partial charge on any atom is -0.493 e. The van der Waals surface area contributed by atoms with Crippen LogP contribution < -0.4 is 9.47 Å². The highest BCUT2D eigenvalue weighted by molar-refractivity contribution is 8.19. The Labute approximate surface area is 227 Å². The second-order valence-corrected chi connectivity index (χ2v) is 11.0. The molecule has 4 rings (SSSR count). The minimum atomic E-state index is -4.01. The first-order valence-electron chi connectivity index (χ1n) is 12.0. The van der Waals surface area contributed by atoms with Crippen LogP contribution in [0.1, 0.15) is 23.6 Å². The van der Waals surface area contributed by atoms with Crippen molar-refractivity contribution in [2.75, 3.05) is 13.7 Å². The van der Waals surface area contributed by atoms with Gasteiger partial charge in [0.15, 0.2) is 16.7 Å². The van der Waals surface area contributed by atoms with E-state index in [1.807, 2.05) is 43.3 Å². The summed E-state index contributed by atoms with van der Waals surface area (Å²) in [6.07, 6.45) is 4.00. The Morgan fingerprint density at radius 2 is 1.74 bits per heavy atom. The van der Waals surface area contributed by atoms with E-state index in [2.05, 4.69) is 11.0 Å². The molecular formula is C29H28N2O5S2. The molecule has 196 valence electrons. The second-order valence-electron chi connectivity index (χ2n) is 8.35. The van der Waals surface area contributed by atoms with E-state index in [9.17, 15) is 13.2 Å². The molecule has 1 fully saturated rings. The topological polar surface area (TPSA) is 85.3 Å². The van der Waals surface area contributed by atoms with Gasteiger partial charge in [0, 0.05) is 6.54 Å². The summed E-state index contributed by atoms with van der Waals surface area (Å²) in [7, 11) is -2.46. The van der Waals surface area contributed by atoms with Crippen LogP contribution in [-0.2, 0) is 27.8 Å². The number of ether oxygens (including phenoxy) is 2. The van der Waals surface area contributed by atoms with Crippen molar-refractivity contribution in [3.63, 3.8) is 0 Å². The largest absolute Gasteiger partial charge is 0.493 e. The maximum atomic E-state index is 13.2. The molecule has 0 aliphatic carbocycles. The first kappa shape index (κ1) is 27.2. The van der Waals surface area contributed by atoms with Crippen molar-refractivity contribution in [2.24, 2.45) is 4.40 Å². The van der Waals surface area contributed by atoms with Gasteiger partial charge in [0.1, 0.15) is 6.61 Å². The molecule has 3 aromatic rings. The average Bonchev–Trinajstić information content (AvgIpc) is 3.21. The van der Waals surface area contributed by atoms with E-state index in [1.165, 1.54) is 23.1 Å². The lowest BCUT2D eigenvalue weighted by Gasteiger charge is -2.12. The van der Waals surface area contributed by atoms with Gasteiger partial charge in [0.2, 0.25) is 0 Å². The summed E-state index contributed by atoms with van der Waals surface area (Å²) < 4.78 is 41.4. The molecule has 1 aliphatic rings. The molecule has 1 aliphatic heterocycles. The predicted molar refractivity (Wildman–Crippen MR) is 152 cm³/mol. The van der Waals surface area contributed by atoms with Crippen LogP contribution in [0.4, 0.5) is 0 Å². The maximum absolute atomic E-state index is 13.2. The van der Waals surface area contributed by atoms with E-state index in [1.54, 1.807) is 37.5 Å². The lowest BCUT2D eigenvalue weighted by atomic mass is 10.1. The molecule has 1 saturated heterocycles. The minimum absolute atomic E-state index is 0.0714. The summed E-state index contributed by atoms with van der Waals surface area (Å²) in [5.74, 6) is 0.730. The van der Waals surface area contributed by atoms with Gasteiger partial charge in [0.05, 0.1) is 16.9 Å². The normalized spacial score (nSPS) is 15.7. The second kappa shape index (κ2) is 12.1. The fraction of sp³-hybridized carbons (Fsp3) is 0.172. The van der Waals surface area contributed by atoms with Crippen LogP contribution in [0, 0.1) is 0 Å². The highest BCUT2D eigenvalue weighted by Crippen LogP contribution is 2.35. The average molecular weight is 549 g/mol. The third-order valence-corrected chi connectivity index (χ3v) is 8.15. The number of amidine groups is 1. The van der Waals surface area contributed by atoms with Crippen molar-refractivity contribution in [3.05, 3.63) is 107 Å². The first-order valence-corrected chi connectivity index (χ1v) is 14.2. The number of carbonyl (C=O) groups excluding carboxylic acids is 1. The number of carbonyl (C=O) groups is 1. The van der Waals surface area contributed by atoms with E-state index < -0.39 is 10.0 Å². The number of nitrogens with zero attached hydrogens (tertiary/aromatic N) is 2. The van der Waals surface area contributed by atoms with Crippen molar-refractivity contribution in [1.82, 2.24) is 4.90 Å². The molecule has 0 aromatic heterocycles. The van der Waals surface area contributed by atoms with Crippen LogP contribution in [0.2, 0.25) is 0 Å². The number of hydrogen-bond acceptors (Lipinski definition) is 6. The van der Waals surface area contributed by atoms with Crippen LogP contribution in [-0.4, -0.2) is 38.0 Å². The maximum Gasteiger partial charge on any atom is 0.284 e. The SMILES string of the molecule is C=CCN1C(=O)/C(=C/c2ccc(OCc3ccccc3)c(OC)c2)SC1=NS(=O)(=O)c1ccc(CC)cc1. The molecule has 0 spiro atoms. The van der Waals surface area contributed by atoms with Gasteiger partial charge in [-0.15, -0.1) is 11.0 Å². The zero-order valence-corrected chi connectivity index (χ0v) is 22.8. The highest BCUT2D eigenvalue weighted by atomic mass is 32.2. The fourth-order valence-corrected chi connectivity index (χ4v) is 5.89. The molecule has 3 aromatic carbocycles. The lowest BCUT2D eigenvalue weighted by molar-refractivity contribution is -0.121. The Balaban J connectivity index is 1.59. The number of sulfonamides is 1. The lowest BCUT2D eigenvalue weighted by Crippen LogP contribution is -2.29. The fourth-order valence-electron chi connectivity index (χ4n) is 3.70. The third-order valence-electron chi connectivity index (χ3n) is 5.75. The van der Waals surface area contributed by atoms with Crippen LogP contribution in [0.5, 0.6) is 11.5 Å². The predicted octanol–water partition coefficient (Wildman–Crippen LogP) is 5.68. The molecular weight excluding hydrogens is 520 g/mol. The Morgan fingerprint density at radius 1 is 1.00 bits per heavy atom. The molecule has 0 unspecified atom stereocenters. The summed E-state index contributed by atoms with van der Waals surface area (Å²) in [6.45, 7) is 6.20. The summed E-state index contributed by atoms with van der Waals surface area (Å²) in [5, 5.41) is 0.0792. The zero-order chi connectivity index (χ0) is 27.1. The quantitative estimate of drug-likeness (QED) is 0.239. The van der Waals surface area contributed by atoms with Crippen LogP contribution in [0.15, 0.2) is 99.6 Å². The van der Waals surface area contributed by atoms with Crippen molar-refractivity contribution in [1.29, 1.82) is 0 Å². The highest BCUT2D eigenvalue weighted by Gasteiger charge is 2.34. The van der Waals surface area contributed by atoms with E-state index in [4.69, 9.17) is 9.47 Å². The van der Waals surface area contributed by atoms with E-state index >= 15 is 0 Å². The number of hydrogen-bond donors (Lipinski definition) is 0. The standard InChI is InChI=1S/C29H28N2O5S2/c1-4-17-31-28(32)27(37-29(31)30-38(33,34)24-14-11-21(5-2)12-15-24)19-23-13-16-25(26(18-23)35-3)36-20-22-9-7-6-8-10-22/h4,6-16,18-19H,1,5,17,20H2,2-3H3/b27-19-,30-29?. The van der Waals surface area contributed by atoms with Gasteiger partial charge >= 0.3 is 0 Å². The summed E-state index contributed by atoms with van der Waals surface area (Å²) >= 11 is 1.00. The summed E-state index contributed by atoms with van der Waals surface area (Å²) in [5.41, 5.74) is 2.74. The summed E-state index contributed by atoms with van der Waals surface area (Å²) in [6, 6.07) is 21.7. The van der Waals surface area contributed by atoms with Crippen molar-refractivity contribution < 1.29 is 22.7 Å². The van der Waals surface area contributed by atoms with E-state index in [-0.39, 0.29) is 22.5 Å².